The molecule has 7 nitrogen and oxygen atoms in total. The number of carbonyl (C=O) groups is 1. The van der Waals surface area contributed by atoms with E-state index in [1.165, 1.54) is 6.07 Å². The van der Waals surface area contributed by atoms with Gasteiger partial charge in [-0.3, -0.25) is 19.8 Å². The molecule has 2 aromatic rings. The molecule has 0 spiro atoms. The third-order valence-corrected chi connectivity index (χ3v) is 7.17. The summed E-state index contributed by atoms with van der Waals surface area (Å²) in [7, 11) is 0. The van der Waals surface area contributed by atoms with Gasteiger partial charge >= 0.3 is 5.00 Å². The Kier molecular flexibility index (Phi) is 5.39. The topological polar surface area (TPSA) is 113 Å². The Morgan fingerprint density at radius 3 is 2.62 bits per heavy atom. The molecule has 1 atom stereocenters. The second-order valence-electron chi connectivity index (χ2n) is 8.90. The summed E-state index contributed by atoms with van der Waals surface area (Å²) in [5.74, 6) is -0.461. The molecular weight excluding hydrogens is 424 g/mol. The van der Waals surface area contributed by atoms with Gasteiger partial charge in [0.05, 0.1) is 28.2 Å². The molecule has 0 fully saturated rings. The Balaban J connectivity index is 2.01. The van der Waals surface area contributed by atoms with Crippen LogP contribution in [0.15, 0.2) is 59.1 Å². The fourth-order valence-electron chi connectivity index (χ4n) is 4.69. The van der Waals surface area contributed by atoms with Gasteiger partial charge < -0.3 is 5.73 Å². The molecule has 0 amide bonds. The Morgan fingerprint density at radius 1 is 1.28 bits per heavy atom. The standard InChI is InChI=1S/C24H24N4O3S/c1-4-14-7-5-6-8-16(14)27-17-11-24(2,3)12-18(29)22(17)21(15(13-25)23(27)26)19-9-10-20(32-19)28(30)31/h5-10,21H,4,11-12,26H2,1-3H3/t21-/m1/s1. The highest BCUT2D eigenvalue weighted by Crippen LogP contribution is 2.51. The van der Waals surface area contributed by atoms with Crippen LogP contribution in [0.1, 0.15) is 50.0 Å². The van der Waals surface area contributed by atoms with E-state index in [1.54, 1.807) is 6.07 Å². The number of nitro groups is 1. The lowest BCUT2D eigenvalue weighted by atomic mass is 9.69. The van der Waals surface area contributed by atoms with Crippen LogP contribution in [0.4, 0.5) is 10.7 Å². The summed E-state index contributed by atoms with van der Waals surface area (Å²) in [4.78, 5) is 26.8. The van der Waals surface area contributed by atoms with Crippen molar-refractivity contribution in [1.29, 1.82) is 5.26 Å². The molecule has 8 heteroatoms. The maximum atomic E-state index is 13.5. The highest BCUT2D eigenvalue weighted by molar-refractivity contribution is 7.15. The van der Waals surface area contributed by atoms with Gasteiger partial charge in [0.1, 0.15) is 5.82 Å². The average molecular weight is 449 g/mol. The van der Waals surface area contributed by atoms with E-state index < -0.39 is 10.8 Å². The summed E-state index contributed by atoms with van der Waals surface area (Å²) in [5.41, 5.74) is 9.83. The smallest absolute Gasteiger partial charge is 0.324 e. The first-order valence-electron chi connectivity index (χ1n) is 10.5. The Bertz CT molecular complexity index is 1230. The summed E-state index contributed by atoms with van der Waals surface area (Å²) in [6, 6.07) is 13.1. The van der Waals surface area contributed by atoms with Crippen molar-refractivity contribution in [3.63, 3.8) is 0 Å². The van der Waals surface area contributed by atoms with Crippen LogP contribution in [-0.4, -0.2) is 10.7 Å². The van der Waals surface area contributed by atoms with Gasteiger partial charge in [-0.25, -0.2) is 0 Å². The largest absolute Gasteiger partial charge is 0.384 e. The molecule has 4 rings (SSSR count). The van der Waals surface area contributed by atoms with Crippen LogP contribution in [0.3, 0.4) is 0 Å². The van der Waals surface area contributed by atoms with Crippen molar-refractivity contribution in [1.82, 2.24) is 0 Å². The summed E-state index contributed by atoms with van der Waals surface area (Å²) >= 11 is 0.986. The van der Waals surface area contributed by atoms with Crippen molar-refractivity contribution >= 4 is 27.8 Å². The highest BCUT2D eigenvalue weighted by atomic mass is 32.1. The number of thiophene rings is 1. The quantitative estimate of drug-likeness (QED) is 0.510. The molecule has 2 aliphatic rings. The van der Waals surface area contributed by atoms with Crippen LogP contribution in [0.25, 0.3) is 0 Å². The molecule has 0 unspecified atom stereocenters. The summed E-state index contributed by atoms with van der Waals surface area (Å²) in [6.45, 7) is 6.14. The third kappa shape index (κ3) is 3.49. The number of rotatable bonds is 4. The Labute approximate surface area is 190 Å². The highest BCUT2D eigenvalue weighted by Gasteiger charge is 2.45. The predicted octanol–water partition coefficient (Wildman–Crippen LogP) is 5.16. The van der Waals surface area contributed by atoms with Crippen LogP contribution < -0.4 is 10.6 Å². The predicted molar refractivity (Wildman–Crippen MR) is 124 cm³/mol. The number of nitrogens with two attached hydrogens (primary N) is 1. The van der Waals surface area contributed by atoms with E-state index in [0.29, 0.717) is 23.3 Å². The molecule has 0 saturated carbocycles. The summed E-state index contributed by atoms with van der Waals surface area (Å²) in [5, 5.41) is 21.4. The molecule has 164 valence electrons. The zero-order valence-electron chi connectivity index (χ0n) is 18.2. The van der Waals surface area contributed by atoms with E-state index in [4.69, 9.17) is 5.73 Å². The molecule has 0 bridgehead atoms. The number of aryl methyl sites for hydroxylation is 1. The number of nitrogens with zero attached hydrogens (tertiary/aromatic N) is 3. The fraction of sp³-hybridized carbons (Fsp3) is 0.333. The van der Waals surface area contributed by atoms with Crippen molar-refractivity contribution in [2.75, 3.05) is 4.90 Å². The number of anilines is 1. The number of para-hydroxylation sites is 1. The lowest BCUT2D eigenvalue weighted by molar-refractivity contribution is -0.380. The van der Waals surface area contributed by atoms with Crippen molar-refractivity contribution in [3.8, 4) is 6.07 Å². The van der Waals surface area contributed by atoms with E-state index in [-0.39, 0.29) is 27.6 Å². The van der Waals surface area contributed by atoms with Gasteiger partial charge in [-0.1, -0.05) is 50.3 Å². The monoisotopic (exact) mass is 448 g/mol. The van der Waals surface area contributed by atoms with E-state index in [9.17, 15) is 20.2 Å². The maximum Gasteiger partial charge on any atom is 0.324 e. The lowest BCUT2D eigenvalue weighted by Crippen LogP contribution is -2.42. The van der Waals surface area contributed by atoms with Gasteiger partial charge in [0.15, 0.2) is 5.78 Å². The first-order chi connectivity index (χ1) is 15.2. The SMILES string of the molecule is CCc1ccccc1N1C(N)=C(C#N)[C@H](c2ccc([N+](=O)[O-])s2)C2=C1CC(C)(C)CC2=O. The number of hydrogen-bond acceptors (Lipinski definition) is 7. The summed E-state index contributed by atoms with van der Waals surface area (Å²) in [6.07, 6.45) is 1.72. The molecule has 0 saturated heterocycles. The lowest BCUT2D eigenvalue weighted by Gasteiger charge is -2.44. The van der Waals surface area contributed by atoms with Crippen molar-refractivity contribution in [2.45, 2.75) is 46.0 Å². The van der Waals surface area contributed by atoms with E-state index in [2.05, 4.69) is 6.07 Å². The van der Waals surface area contributed by atoms with Crippen molar-refractivity contribution in [3.05, 3.63) is 79.6 Å². The average Bonchev–Trinajstić information content (AvgIpc) is 3.22. The first kappa shape index (κ1) is 21.8. The van der Waals surface area contributed by atoms with Crippen LogP contribution in [-0.2, 0) is 11.2 Å². The molecule has 0 radical (unpaired) electrons. The number of benzene rings is 1. The van der Waals surface area contributed by atoms with Crippen LogP contribution in [0.5, 0.6) is 0 Å². The summed E-state index contributed by atoms with van der Waals surface area (Å²) < 4.78 is 0. The molecule has 1 aliphatic heterocycles. The Morgan fingerprint density at radius 2 is 2.00 bits per heavy atom. The van der Waals surface area contributed by atoms with E-state index in [0.717, 1.165) is 34.7 Å². The van der Waals surface area contributed by atoms with Gasteiger partial charge in [-0.15, -0.1) is 0 Å². The molecule has 2 N–H and O–H groups in total. The van der Waals surface area contributed by atoms with Gasteiger partial charge in [-0.05, 0) is 36.0 Å². The third-order valence-electron chi connectivity index (χ3n) is 6.07. The fourth-order valence-corrected chi connectivity index (χ4v) is 5.63. The minimum atomic E-state index is -0.692. The van der Waals surface area contributed by atoms with Gasteiger partial charge in [0, 0.05) is 28.6 Å². The van der Waals surface area contributed by atoms with Crippen molar-refractivity contribution in [2.24, 2.45) is 11.1 Å². The van der Waals surface area contributed by atoms with Crippen LogP contribution in [0, 0.1) is 26.9 Å². The number of ketones is 1. The second kappa shape index (κ2) is 7.92. The van der Waals surface area contributed by atoms with Crippen LogP contribution >= 0.6 is 11.3 Å². The van der Waals surface area contributed by atoms with Gasteiger partial charge in [-0.2, -0.15) is 5.26 Å². The zero-order chi connectivity index (χ0) is 23.2. The minimum Gasteiger partial charge on any atom is -0.384 e. The first-order valence-corrected chi connectivity index (χ1v) is 11.3. The van der Waals surface area contributed by atoms with Crippen LogP contribution in [0.2, 0.25) is 0 Å². The minimum absolute atomic E-state index is 0.0274. The van der Waals surface area contributed by atoms with Crippen molar-refractivity contribution < 1.29 is 9.72 Å². The van der Waals surface area contributed by atoms with Gasteiger partial charge in [0.25, 0.3) is 0 Å². The molecule has 2 heterocycles. The zero-order valence-corrected chi connectivity index (χ0v) is 19.0. The number of nitriles is 1. The number of Topliss-reactive ketones (excluding diaryl/α,β-unsaturated/α-hetero) is 1. The van der Waals surface area contributed by atoms with E-state index in [1.807, 2.05) is 49.9 Å². The van der Waals surface area contributed by atoms with Gasteiger partial charge in [0.2, 0.25) is 0 Å². The number of carbonyl (C=O) groups excluding carboxylic acids is 1. The number of hydrogen-bond donors (Lipinski definition) is 1. The molecule has 1 aromatic carbocycles. The second-order valence-corrected chi connectivity index (χ2v) is 9.99. The molecule has 1 aliphatic carbocycles. The molecule has 1 aromatic heterocycles. The molecular formula is C24H24N4O3S. The Hall–Kier alpha value is -3.44. The maximum absolute atomic E-state index is 13.5. The number of allylic oxidation sites excluding steroid dienone is 3. The molecule has 32 heavy (non-hydrogen) atoms. The normalized spacial score (nSPS) is 20.2. The van der Waals surface area contributed by atoms with E-state index >= 15 is 0 Å².